The Labute approximate surface area is 136 Å². The minimum atomic E-state index is -0.239. The van der Waals surface area contributed by atoms with Gasteiger partial charge in [0.15, 0.2) is 0 Å². The Hall–Kier alpha value is -2.53. The fraction of sp³-hybridized carbons (Fsp3) is 0.278. The number of nitrogens with zero attached hydrogens (tertiary/aromatic N) is 1. The first-order valence-electron chi connectivity index (χ1n) is 7.36. The SMILES string of the molecule is COc1cccc(OC)c1C(=O)N(CCO)Cc1ccccc1. The summed E-state index contributed by atoms with van der Waals surface area (Å²) in [6.07, 6.45) is 0. The highest BCUT2D eigenvalue weighted by Crippen LogP contribution is 2.29. The molecule has 2 aromatic carbocycles. The second-order valence-corrected chi connectivity index (χ2v) is 4.97. The molecule has 0 aliphatic rings. The highest BCUT2D eigenvalue weighted by atomic mass is 16.5. The van der Waals surface area contributed by atoms with Gasteiger partial charge in [-0.15, -0.1) is 0 Å². The van der Waals surface area contributed by atoms with Gasteiger partial charge in [0.05, 0.1) is 20.8 Å². The Morgan fingerprint density at radius 2 is 1.61 bits per heavy atom. The van der Waals surface area contributed by atoms with Crippen molar-refractivity contribution in [2.24, 2.45) is 0 Å². The average Bonchev–Trinajstić information content (AvgIpc) is 2.60. The standard InChI is InChI=1S/C18H21NO4/c1-22-15-9-6-10-16(23-2)17(15)18(21)19(11-12-20)13-14-7-4-3-5-8-14/h3-10,20H,11-13H2,1-2H3. The first-order chi connectivity index (χ1) is 11.2. The molecule has 122 valence electrons. The van der Waals surface area contributed by atoms with Crippen molar-refractivity contribution in [3.63, 3.8) is 0 Å². The van der Waals surface area contributed by atoms with E-state index >= 15 is 0 Å². The van der Waals surface area contributed by atoms with Gasteiger partial charge in [-0.05, 0) is 17.7 Å². The van der Waals surface area contributed by atoms with Crippen LogP contribution in [-0.2, 0) is 6.54 Å². The van der Waals surface area contributed by atoms with E-state index in [2.05, 4.69) is 0 Å². The number of hydrogen-bond acceptors (Lipinski definition) is 4. The molecule has 0 bridgehead atoms. The van der Waals surface area contributed by atoms with Crippen molar-refractivity contribution >= 4 is 5.91 Å². The van der Waals surface area contributed by atoms with Gasteiger partial charge in [0.2, 0.25) is 0 Å². The van der Waals surface area contributed by atoms with Crippen LogP contribution in [0.1, 0.15) is 15.9 Å². The van der Waals surface area contributed by atoms with E-state index in [0.717, 1.165) is 5.56 Å². The molecular weight excluding hydrogens is 294 g/mol. The summed E-state index contributed by atoms with van der Waals surface area (Å²) in [7, 11) is 3.03. The number of carbonyl (C=O) groups excluding carboxylic acids is 1. The van der Waals surface area contributed by atoms with Gasteiger partial charge in [-0.3, -0.25) is 4.79 Å². The molecule has 2 aromatic rings. The van der Waals surface area contributed by atoms with Crippen molar-refractivity contribution in [2.45, 2.75) is 6.54 Å². The topological polar surface area (TPSA) is 59.0 Å². The molecule has 2 rings (SSSR count). The van der Waals surface area contributed by atoms with Gasteiger partial charge in [0, 0.05) is 13.1 Å². The Bertz CT molecular complexity index is 620. The lowest BCUT2D eigenvalue weighted by atomic mass is 10.1. The molecule has 1 amide bonds. The van der Waals surface area contributed by atoms with Crippen LogP contribution in [0.3, 0.4) is 0 Å². The zero-order valence-electron chi connectivity index (χ0n) is 13.4. The van der Waals surface area contributed by atoms with Crippen LogP contribution in [0.4, 0.5) is 0 Å². The average molecular weight is 315 g/mol. The predicted molar refractivity (Wildman–Crippen MR) is 87.8 cm³/mol. The lowest BCUT2D eigenvalue weighted by Crippen LogP contribution is -2.33. The van der Waals surface area contributed by atoms with Crippen LogP contribution < -0.4 is 9.47 Å². The summed E-state index contributed by atoms with van der Waals surface area (Å²) in [5.41, 5.74) is 1.35. The van der Waals surface area contributed by atoms with E-state index in [4.69, 9.17) is 9.47 Å². The molecular formula is C18H21NO4. The summed E-state index contributed by atoms with van der Waals surface area (Å²) in [5, 5.41) is 9.31. The van der Waals surface area contributed by atoms with Crippen LogP contribution in [0, 0.1) is 0 Å². The number of amides is 1. The Kier molecular flexibility index (Phi) is 6.00. The zero-order valence-corrected chi connectivity index (χ0v) is 13.4. The maximum Gasteiger partial charge on any atom is 0.261 e. The van der Waals surface area contributed by atoms with Crippen LogP contribution in [0.15, 0.2) is 48.5 Å². The van der Waals surface area contributed by atoms with Crippen molar-refractivity contribution in [1.29, 1.82) is 0 Å². The number of aliphatic hydroxyl groups excluding tert-OH is 1. The summed E-state index contributed by atoms with van der Waals surface area (Å²) in [6.45, 7) is 0.520. The molecule has 0 spiro atoms. The number of methoxy groups -OCH3 is 2. The smallest absolute Gasteiger partial charge is 0.261 e. The van der Waals surface area contributed by atoms with E-state index in [1.54, 1.807) is 23.1 Å². The molecule has 5 heteroatoms. The van der Waals surface area contributed by atoms with Crippen molar-refractivity contribution in [2.75, 3.05) is 27.4 Å². The number of ether oxygens (including phenoxy) is 2. The molecule has 0 atom stereocenters. The Morgan fingerprint density at radius 1 is 1.00 bits per heavy atom. The van der Waals surface area contributed by atoms with Gasteiger partial charge in [0.1, 0.15) is 17.1 Å². The van der Waals surface area contributed by atoms with Crippen LogP contribution in [0.25, 0.3) is 0 Å². The summed E-state index contributed by atoms with van der Waals surface area (Å²) < 4.78 is 10.6. The summed E-state index contributed by atoms with van der Waals surface area (Å²) in [6, 6.07) is 14.8. The summed E-state index contributed by atoms with van der Waals surface area (Å²) in [5.74, 6) is 0.660. The van der Waals surface area contributed by atoms with E-state index in [9.17, 15) is 9.90 Å². The first-order valence-corrected chi connectivity index (χ1v) is 7.36. The van der Waals surface area contributed by atoms with Crippen molar-refractivity contribution in [3.8, 4) is 11.5 Å². The zero-order chi connectivity index (χ0) is 16.7. The number of carbonyl (C=O) groups is 1. The molecule has 0 saturated heterocycles. The largest absolute Gasteiger partial charge is 0.496 e. The lowest BCUT2D eigenvalue weighted by Gasteiger charge is -2.24. The molecule has 0 aromatic heterocycles. The minimum absolute atomic E-state index is 0.115. The van der Waals surface area contributed by atoms with Crippen LogP contribution in [0.2, 0.25) is 0 Å². The second kappa shape index (κ2) is 8.19. The third kappa shape index (κ3) is 4.02. The molecule has 0 fully saturated rings. The summed E-state index contributed by atoms with van der Waals surface area (Å²) >= 11 is 0. The molecule has 5 nitrogen and oxygen atoms in total. The van der Waals surface area contributed by atoms with Gasteiger partial charge in [-0.25, -0.2) is 0 Å². The highest BCUT2D eigenvalue weighted by molar-refractivity contribution is 5.99. The monoisotopic (exact) mass is 315 g/mol. The first kappa shape index (κ1) is 16.8. The minimum Gasteiger partial charge on any atom is -0.496 e. The van der Waals surface area contributed by atoms with E-state index in [-0.39, 0.29) is 19.1 Å². The molecule has 0 heterocycles. The normalized spacial score (nSPS) is 10.2. The van der Waals surface area contributed by atoms with E-state index < -0.39 is 0 Å². The lowest BCUT2D eigenvalue weighted by molar-refractivity contribution is 0.0701. The van der Waals surface area contributed by atoms with Crippen LogP contribution in [-0.4, -0.2) is 43.3 Å². The quantitative estimate of drug-likeness (QED) is 0.852. The Morgan fingerprint density at radius 3 is 2.13 bits per heavy atom. The number of benzene rings is 2. The van der Waals surface area contributed by atoms with Crippen LogP contribution in [0.5, 0.6) is 11.5 Å². The molecule has 0 aliphatic heterocycles. The molecule has 0 unspecified atom stereocenters. The van der Waals surface area contributed by atoms with Gasteiger partial charge in [0.25, 0.3) is 5.91 Å². The third-order valence-electron chi connectivity index (χ3n) is 3.52. The highest BCUT2D eigenvalue weighted by Gasteiger charge is 2.23. The van der Waals surface area contributed by atoms with Crippen molar-refractivity contribution < 1.29 is 19.4 Å². The molecule has 0 aliphatic carbocycles. The van der Waals surface area contributed by atoms with E-state index in [0.29, 0.717) is 23.6 Å². The van der Waals surface area contributed by atoms with Gasteiger partial charge in [-0.1, -0.05) is 36.4 Å². The van der Waals surface area contributed by atoms with Crippen LogP contribution >= 0.6 is 0 Å². The van der Waals surface area contributed by atoms with Crippen molar-refractivity contribution in [1.82, 2.24) is 4.90 Å². The molecule has 1 N–H and O–H groups in total. The van der Waals surface area contributed by atoms with Gasteiger partial charge in [-0.2, -0.15) is 0 Å². The van der Waals surface area contributed by atoms with E-state index in [1.807, 2.05) is 30.3 Å². The number of rotatable bonds is 7. The number of hydrogen-bond donors (Lipinski definition) is 1. The predicted octanol–water partition coefficient (Wildman–Crippen LogP) is 2.34. The molecule has 23 heavy (non-hydrogen) atoms. The maximum absolute atomic E-state index is 13.0. The van der Waals surface area contributed by atoms with Crippen molar-refractivity contribution in [3.05, 3.63) is 59.7 Å². The molecule has 0 saturated carbocycles. The molecule has 0 radical (unpaired) electrons. The Balaban J connectivity index is 2.34. The number of aliphatic hydroxyl groups is 1. The maximum atomic E-state index is 13.0. The van der Waals surface area contributed by atoms with E-state index in [1.165, 1.54) is 14.2 Å². The van der Waals surface area contributed by atoms with Gasteiger partial charge < -0.3 is 19.5 Å². The second-order valence-electron chi connectivity index (χ2n) is 4.97. The fourth-order valence-corrected chi connectivity index (χ4v) is 2.40. The van der Waals surface area contributed by atoms with Gasteiger partial charge >= 0.3 is 0 Å². The fourth-order valence-electron chi connectivity index (χ4n) is 2.40. The third-order valence-corrected chi connectivity index (χ3v) is 3.52. The summed E-state index contributed by atoms with van der Waals surface area (Å²) in [4.78, 5) is 14.5.